The van der Waals surface area contributed by atoms with E-state index >= 15 is 0 Å². The van der Waals surface area contributed by atoms with Crippen molar-refractivity contribution in [3.63, 3.8) is 0 Å². The molecular weight excluding hydrogens is 142 g/mol. The van der Waals surface area contributed by atoms with E-state index in [2.05, 4.69) is 0 Å². The van der Waals surface area contributed by atoms with Crippen LogP contribution in [0.15, 0.2) is 0 Å². The van der Waals surface area contributed by atoms with E-state index in [1.807, 2.05) is 13.8 Å². The van der Waals surface area contributed by atoms with Crippen LogP contribution in [0.25, 0.3) is 0 Å². The zero-order chi connectivity index (χ0) is 8.69. The second-order valence-electron chi connectivity index (χ2n) is 2.40. The number of hydrogen-bond acceptors (Lipinski definition) is 2. The van der Waals surface area contributed by atoms with Gasteiger partial charge in [0.1, 0.15) is 12.8 Å². The Morgan fingerprint density at radius 1 is 1.55 bits per heavy atom. The fourth-order valence-electron chi connectivity index (χ4n) is 0.806. The van der Waals surface area contributed by atoms with Crippen LogP contribution in [-0.4, -0.2) is 23.4 Å². The van der Waals surface area contributed by atoms with Gasteiger partial charge in [-0.15, -0.1) is 0 Å². The molecule has 0 heterocycles. The highest BCUT2D eigenvalue weighted by atomic mass is 16.4. The highest BCUT2D eigenvalue weighted by molar-refractivity contribution is 5.62. The lowest BCUT2D eigenvalue weighted by molar-refractivity contribution is -0.513. The van der Waals surface area contributed by atoms with Crippen LogP contribution >= 0.6 is 0 Å². The van der Waals surface area contributed by atoms with Crippen LogP contribution in [-0.2, 0) is 0 Å². The first-order chi connectivity index (χ1) is 5.22. The lowest BCUT2D eigenvalue weighted by Gasteiger charge is -2.00. The Kier molecular flexibility index (Phi) is 5.43. The Hall–Kier alpha value is -0.860. The largest absolute Gasteiger partial charge is 0.490 e. The molecule has 0 N–H and O–H groups in total. The summed E-state index contributed by atoms with van der Waals surface area (Å²) in [6.07, 6.45) is 3.18. The SMILES string of the molecule is CC/C=[N+](/CCCC)C(=O)[O-]. The summed E-state index contributed by atoms with van der Waals surface area (Å²) in [5.74, 6) is 0. The molecule has 0 radical (unpaired) electrons. The van der Waals surface area contributed by atoms with Crippen molar-refractivity contribution in [3.8, 4) is 0 Å². The quantitative estimate of drug-likeness (QED) is 0.443. The molecule has 0 unspecified atom stereocenters. The van der Waals surface area contributed by atoms with E-state index in [1.54, 1.807) is 6.21 Å². The van der Waals surface area contributed by atoms with E-state index in [0.29, 0.717) is 6.54 Å². The van der Waals surface area contributed by atoms with Crippen molar-refractivity contribution in [3.05, 3.63) is 0 Å². The molecule has 0 fully saturated rings. The predicted octanol–water partition coefficient (Wildman–Crippen LogP) is 0.623. The number of unbranched alkanes of at least 4 members (excludes halogenated alkanes) is 1. The Labute approximate surface area is 67.4 Å². The van der Waals surface area contributed by atoms with E-state index in [-0.39, 0.29) is 0 Å². The molecule has 0 aromatic carbocycles. The summed E-state index contributed by atoms with van der Waals surface area (Å²) in [6.45, 7) is 4.49. The summed E-state index contributed by atoms with van der Waals surface area (Å²) < 4.78 is 1.24. The zero-order valence-electron chi connectivity index (χ0n) is 7.17. The van der Waals surface area contributed by atoms with E-state index < -0.39 is 6.09 Å². The summed E-state index contributed by atoms with van der Waals surface area (Å²) >= 11 is 0. The number of carbonyl (C=O) groups is 1. The highest BCUT2D eigenvalue weighted by Gasteiger charge is 2.02. The second kappa shape index (κ2) is 5.89. The predicted molar refractivity (Wildman–Crippen MR) is 41.8 cm³/mol. The summed E-state index contributed by atoms with van der Waals surface area (Å²) in [7, 11) is 0. The van der Waals surface area contributed by atoms with Crippen molar-refractivity contribution in [1.29, 1.82) is 0 Å². The smallest absolute Gasteiger partial charge is 0.337 e. The molecule has 11 heavy (non-hydrogen) atoms. The standard InChI is InChI=1S/C8H15NO2/c1-3-5-7-9(6-4-2)8(10)11/h6H,3-5,7H2,1-2H3/b9-6-. The Balaban J connectivity index is 3.90. The maximum Gasteiger partial charge on any atom is 0.337 e. The number of rotatable bonds is 4. The minimum Gasteiger partial charge on any atom is -0.490 e. The molecule has 3 heteroatoms. The third-order valence-electron chi connectivity index (χ3n) is 1.39. The van der Waals surface area contributed by atoms with Crippen molar-refractivity contribution in [2.24, 2.45) is 0 Å². The Morgan fingerprint density at radius 2 is 2.18 bits per heavy atom. The normalized spacial score (nSPS) is 11.6. The van der Waals surface area contributed by atoms with Gasteiger partial charge in [0.15, 0.2) is 0 Å². The van der Waals surface area contributed by atoms with Gasteiger partial charge in [0.2, 0.25) is 0 Å². The molecule has 0 aliphatic heterocycles. The minimum absolute atomic E-state index is 0.562. The minimum atomic E-state index is -1.10. The van der Waals surface area contributed by atoms with Crippen molar-refractivity contribution >= 4 is 12.3 Å². The van der Waals surface area contributed by atoms with Crippen LogP contribution in [0.2, 0.25) is 0 Å². The molecule has 0 aliphatic rings. The van der Waals surface area contributed by atoms with E-state index in [1.165, 1.54) is 4.58 Å². The van der Waals surface area contributed by atoms with Gasteiger partial charge in [-0.3, -0.25) is 0 Å². The first kappa shape index (κ1) is 10.1. The fraction of sp³-hybridized carbons (Fsp3) is 0.750. The van der Waals surface area contributed by atoms with Crippen LogP contribution in [0.3, 0.4) is 0 Å². The Morgan fingerprint density at radius 3 is 2.55 bits per heavy atom. The average molecular weight is 157 g/mol. The first-order valence-corrected chi connectivity index (χ1v) is 4.03. The molecule has 0 saturated heterocycles. The van der Waals surface area contributed by atoms with Gasteiger partial charge in [-0.1, -0.05) is 20.3 Å². The summed E-state index contributed by atoms with van der Waals surface area (Å²) in [5, 5.41) is 10.4. The molecule has 3 nitrogen and oxygen atoms in total. The van der Waals surface area contributed by atoms with Gasteiger partial charge in [-0.25, -0.2) is 0 Å². The number of nitrogens with zero attached hydrogens (tertiary/aromatic N) is 1. The number of hydrogen-bond donors (Lipinski definition) is 0. The van der Waals surface area contributed by atoms with Gasteiger partial charge >= 0.3 is 6.09 Å². The third kappa shape index (κ3) is 4.53. The highest BCUT2D eigenvalue weighted by Crippen LogP contribution is 1.87. The molecule has 0 aliphatic carbocycles. The molecule has 0 aromatic heterocycles. The monoisotopic (exact) mass is 157 g/mol. The summed E-state index contributed by atoms with van der Waals surface area (Å²) in [5.41, 5.74) is 0. The summed E-state index contributed by atoms with van der Waals surface area (Å²) in [4.78, 5) is 10.4. The van der Waals surface area contributed by atoms with Crippen LogP contribution in [0.5, 0.6) is 0 Å². The lowest BCUT2D eigenvalue weighted by Crippen LogP contribution is -2.35. The molecule has 1 amide bonds. The van der Waals surface area contributed by atoms with Gasteiger partial charge in [0, 0.05) is 12.8 Å². The zero-order valence-corrected chi connectivity index (χ0v) is 7.17. The molecule has 0 saturated carbocycles. The van der Waals surface area contributed by atoms with Gasteiger partial charge in [-0.2, -0.15) is 4.58 Å². The molecule has 64 valence electrons. The molecular formula is C8H15NO2. The van der Waals surface area contributed by atoms with Crippen molar-refractivity contribution < 1.29 is 14.5 Å². The topological polar surface area (TPSA) is 43.1 Å². The van der Waals surface area contributed by atoms with Crippen LogP contribution < -0.4 is 5.11 Å². The lowest BCUT2D eigenvalue weighted by atomic mass is 10.3. The first-order valence-electron chi connectivity index (χ1n) is 4.03. The van der Waals surface area contributed by atoms with Gasteiger partial charge in [0.05, 0.1) is 0 Å². The van der Waals surface area contributed by atoms with Crippen molar-refractivity contribution in [2.45, 2.75) is 33.1 Å². The van der Waals surface area contributed by atoms with Gasteiger partial charge in [-0.05, 0) is 0 Å². The molecule has 0 rings (SSSR count). The summed E-state index contributed by atoms with van der Waals surface area (Å²) in [6, 6.07) is 0. The number of carbonyl (C=O) groups excluding carboxylic acids is 1. The molecule has 0 aromatic rings. The van der Waals surface area contributed by atoms with E-state index in [4.69, 9.17) is 0 Å². The number of amides is 1. The molecule has 0 spiro atoms. The van der Waals surface area contributed by atoms with Crippen LogP contribution in [0, 0.1) is 0 Å². The van der Waals surface area contributed by atoms with Crippen molar-refractivity contribution in [1.82, 2.24) is 0 Å². The fourth-order valence-corrected chi connectivity index (χ4v) is 0.806. The maximum atomic E-state index is 10.4. The van der Waals surface area contributed by atoms with Crippen LogP contribution in [0.1, 0.15) is 33.1 Å². The van der Waals surface area contributed by atoms with E-state index in [0.717, 1.165) is 19.3 Å². The second-order valence-corrected chi connectivity index (χ2v) is 2.40. The van der Waals surface area contributed by atoms with Gasteiger partial charge < -0.3 is 9.90 Å². The van der Waals surface area contributed by atoms with Gasteiger partial charge in [0.25, 0.3) is 0 Å². The molecule has 0 bridgehead atoms. The Bertz CT molecular complexity index is 152. The maximum absolute atomic E-state index is 10.4. The molecule has 0 atom stereocenters. The third-order valence-corrected chi connectivity index (χ3v) is 1.39. The van der Waals surface area contributed by atoms with E-state index in [9.17, 15) is 9.90 Å². The average Bonchev–Trinajstić information content (AvgIpc) is 1.97. The number of carboxylic acid groups (broad SMARTS) is 1. The van der Waals surface area contributed by atoms with Crippen LogP contribution in [0.4, 0.5) is 4.79 Å². The van der Waals surface area contributed by atoms with Crippen molar-refractivity contribution in [2.75, 3.05) is 6.54 Å².